The van der Waals surface area contributed by atoms with Gasteiger partial charge < -0.3 is 10.0 Å². The summed E-state index contributed by atoms with van der Waals surface area (Å²) in [6.07, 6.45) is 1.10. The van der Waals surface area contributed by atoms with Gasteiger partial charge in [-0.3, -0.25) is 4.79 Å². The van der Waals surface area contributed by atoms with Gasteiger partial charge in [0.2, 0.25) is 0 Å². The number of rotatable bonds is 2. The van der Waals surface area contributed by atoms with Crippen LogP contribution in [0.3, 0.4) is 0 Å². The fraction of sp³-hybridized carbons (Fsp3) is 0.417. The van der Waals surface area contributed by atoms with Crippen LogP contribution < -0.4 is 0 Å². The Labute approximate surface area is 89.3 Å². The van der Waals surface area contributed by atoms with Crippen molar-refractivity contribution in [2.24, 2.45) is 0 Å². The molecule has 2 rings (SSSR count). The zero-order valence-corrected chi connectivity index (χ0v) is 8.60. The van der Waals surface area contributed by atoms with Crippen LogP contribution >= 0.6 is 0 Å². The first-order valence-corrected chi connectivity index (χ1v) is 5.31. The largest absolute Gasteiger partial charge is 0.378 e. The Hall–Kier alpha value is -1.35. The minimum absolute atomic E-state index is 0.168. The van der Waals surface area contributed by atoms with Gasteiger partial charge in [-0.05, 0) is 18.4 Å². The minimum atomic E-state index is -0.996. The molecular weight excluding hydrogens is 190 g/mol. The van der Waals surface area contributed by atoms with E-state index < -0.39 is 6.10 Å². The molecule has 1 fully saturated rings. The molecule has 0 unspecified atom stereocenters. The van der Waals surface area contributed by atoms with E-state index in [9.17, 15) is 9.90 Å². The van der Waals surface area contributed by atoms with E-state index in [4.69, 9.17) is 0 Å². The lowest BCUT2D eigenvalue weighted by molar-refractivity contribution is -0.139. The van der Waals surface area contributed by atoms with Crippen LogP contribution in [0.15, 0.2) is 30.3 Å². The normalized spacial score (nSPS) is 17.8. The molecule has 0 aromatic heterocycles. The van der Waals surface area contributed by atoms with Gasteiger partial charge in [-0.2, -0.15) is 0 Å². The molecule has 1 aliphatic rings. The molecule has 0 spiro atoms. The second-order valence-electron chi connectivity index (χ2n) is 3.85. The Balaban J connectivity index is 2.07. The number of amides is 1. The summed E-state index contributed by atoms with van der Waals surface area (Å²) in [6, 6.07) is 9.08. The summed E-state index contributed by atoms with van der Waals surface area (Å²) in [7, 11) is 0. The quantitative estimate of drug-likeness (QED) is 0.791. The van der Waals surface area contributed by atoms with Gasteiger partial charge in [0.25, 0.3) is 5.91 Å². The maximum absolute atomic E-state index is 11.8. The number of nitrogens with zero attached hydrogens (tertiary/aromatic N) is 1. The van der Waals surface area contributed by atoms with Crippen molar-refractivity contribution >= 4 is 5.91 Å². The van der Waals surface area contributed by atoms with Crippen LogP contribution in [0.5, 0.6) is 0 Å². The van der Waals surface area contributed by atoms with E-state index in [1.165, 1.54) is 0 Å². The number of benzene rings is 1. The van der Waals surface area contributed by atoms with Gasteiger partial charge in [-0.25, -0.2) is 0 Å². The Morgan fingerprint density at radius 2 is 1.80 bits per heavy atom. The Bertz CT molecular complexity index is 331. The third-order valence-corrected chi connectivity index (χ3v) is 2.77. The summed E-state index contributed by atoms with van der Waals surface area (Å²) in [5.41, 5.74) is 0.675. The third-order valence-electron chi connectivity index (χ3n) is 2.77. The zero-order chi connectivity index (χ0) is 10.7. The molecule has 1 N–H and O–H groups in total. The van der Waals surface area contributed by atoms with Gasteiger partial charge in [0, 0.05) is 13.1 Å². The average Bonchev–Trinajstić information content (AvgIpc) is 2.82. The van der Waals surface area contributed by atoms with Crippen LogP contribution in [0, 0.1) is 0 Å². The minimum Gasteiger partial charge on any atom is -0.378 e. The first kappa shape index (κ1) is 10.2. The van der Waals surface area contributed by atoms with Gasteiger partial charge in [-0.15, -0.1) is 0 Å². The highest BCUT2D eigenvalue weighted by molar-refractivity contribution is 5.82. The van der Waals surface area contributed by atoms with Crippen molar-refractivity contribution in [1.29, 1.82) is 0 Å². The van der Waals surface area contributed by atoms with Crippen molar-refractivity contribution < 1.29 is 9.90 Å². The lowest BCUT2D eigenvalue weighted by atomic mass is 10.1. The van der Waals surface area contributed by atoms with Crippen molar-refractivity contribution in [3.05, 3.63) is 35.9 Å². The molecule has 3 heteroatoms. The van der Waals surface area contributed by atoms with Crippen molar-refractivity contribution in [3.8, 4) is 0 Å². The summed E-state index contributed by atoms with van der Waals surface area (Å²) in [4.78, 5) is 13.6. The van der Waals surface area contributed by atoms with Crippen molar-refractivity contribution in [3.63, 3.8) is 0 Å². The maximum Gasteiger partial charge on any atom is 0.256 e. The summed E-state index contributed by atoms with van der Waals surface area (Å²) in [5.74, 6) is -0.168. The summed E-state index contributed by atoms with van der Waals surface area (Å²) < 4.78 is 0. The fourth-order valence-corrected chi connectivity index (χ4v) is 1.89. The van der Waals surface area contributed by atoms with Crippen LogP contribution in [0.2, 0.25) is 0 Å². The fourth-order valence-electron chi connectivity index (χ4n) is 1.89. The monoisotopic (exact) mass is 205 g/mol. The topological polar surface area (TPSA) is 40.5 Å². The van der Waals surface area contributed by atoms with E-state index in [2.05, 4.69) is 0 Å². The number of carbonyl (C=O) groups is 1. The molecule has 0 bridgehead atoms. The number of carbonyl (C=O) groups excluding carboxylic acids is 1. The van der Waals surface area contributed by atoms with E-state index in [-0.39, 0.29) is 5.91 Å². The van der Waals surface area contributed by atoms with Crippen LogP contribution in [0.1, 0.15) is 24.5 Å². The van der Waals surface area contributed by atoms with E-state index in [0.29, 0.717) is 5.56 Å². The molecule has 1 aliphatic heterocycles. The van der Waals surface area contributed by atoms with Crippen LogP contribution in [0.4, 0.5) is 0 Å². The van der Waals surface area contributed by atoms with Crippen molar-refractivity contribution in [2.45, 2.75) is 18.9 Å². The molecule has 0 radical (unpaired) electrons. The van der Waals surface area contributed by atoms with E-state index >= 15 is 0 Å². The number of likely N-dealkylation sites (tertiary alicyclic amines) is 1. The molecule has 1 atom stereocenters. The Kier molecular flexibility index (Phi) is 3.02. The van der Waals surface area contributed by atoms with Crippen LogP contribution in [-0.4, -0.2) is 29.0 Å². The van der Waals surface area contributed by atoms with Gasteiger partial charge in [-0.1, -0.05) is 30.3 Å². The highest BCUT2D eigenvalue weighted by atomic mass is 16.3. The second kappa shape index (κ2) is 4.45. The predicted octanol–water partition coefficient (Wildman–Crippen LogP) is 1.34. The van der Waals surface area contributed by atoms with Gasteiger partial charge >= 0.3 is 0 Å². The molecule has 3 nitrogen and oxygen atoms in total. The standard InChI is InChI=1S/C12H15NO2/c14-11(10-6-2-1-3-7-10)12(15)13-8-4-5-9-13/h1-3,6-7,11,14H,4-5,8-9H2/t11-/m1/s1. The number of aliphatic hydroxyl groups excluding tert-OH is 1. The van der Waals surface area contributed by atoms with E-state index in [1.807, 2.05) is 18.2 Å². The average molecular weight is 205 g/mol. The summed E-state index contributed by atoms with van der Waals surface area (Å²) in [5, 5.41) is 9.86. The van der Waals surface area contributed by atoms with Crippen LogP contribution in [0.25, 0.3) is 0 Å². The molecule has 0 saturated carbocycles. The van der Waals surface area contributed by atoms with Crippen molar-refractivity contribution in [1.82, 2.24) is 4.90 Å². The molecule has 1 aromatic rings. The molecule has 1 aromatic carbocycles. The highest BCUT2D eigenvalue weighted by Crippen LogP contribution is 2.18. The predicted molar refractivity (Wildman–Crippen MR) is 57.2 cm³/mol. The smallest absolute Gasteiger partial charge is 0.256 e. The Morgan fingerprint density at radius 3 is 2.40 bits per heavy atom. The highest BCUT2D eigenvalue weighted by Gasteiger charge is 2.25. The molecule has 0 aliphatic carbocycles. The second-order valence-corrected chi connectivity index (χ2v) is 3.85. The van der Waals surface area contributed by atoms with Gasteiger partial charge in [0.05, 0.1) is 0 Å². The number of aliphatic hydroxyl groups is 1. The SMILES string of the molecule is O=C([C@H](O)c1ccccc1)N1CCCC1. The number of hydrogen-bond donors (Lipinski definition) is 1. The molecule has 1 saturated heterocycles. The lowest BCUT2D eigenvalue weighted by Crippen LogP contribution is -2.32. The van der Waals surface area contributed by atoms with Gasteiger partial charge in [0.15, 0.2) is 6.10 Å². The molecular formula is C12H15NO2. The van der Waals surface area contributed by atoms with Crippen molar-refractivity contribution in [2.75, 3.05) is 13.1 Å². The molecule has 80 valence electrons. The van der Waals surface area contributed by atoms with Gasteiger partial charge in [0.1, 0.15) is 0 Å². The summed E-state index contributed by atoms with van der Waals surface area (Å²) in [6.45, 7) is 1.56. The third kappa shape index (κ3) is 2.18. The lowest BCUT2D eigenvalue weighted by Gasteiger charge is -2.19. The van der Waals surface area contributed by atoms with Crippen LogP contribution in [-0.2, 0) is 4.79 Å². The van der Waals surface area contributed by atoms with E-state index in [1.54, 1.807) is 17.0 Å². The summed E-state index contributed by atoms with van der Waals surface area (Å²) >= 11 is 0. The Morgan fingerprint density at radius 1 is 1.20 bits per heavy atom. The molecule has 1 amide bonds. The number of hydrogen-bond acceptors (Lipinski definition) is 2. The molecule has 1 heterocycles. The van der Waals surface area contributed by atoms with E-state index in [0.717, 1.165) is 25.9 Å². The zero-order valence-electron chi connectivity index (χ0n) is 8.60. The first-order chi connectivity index (χ1) is 7.29. The molecule has 15 heavy (non-hydrogen) atoms. The first-order valence-electron chi connectivity index (χ1n) is 5.31. The maximum atomic E-state index is 11.8.